The fourth-order valence-corrected chi connectivity index (χ4v) is 5.83. The number of nitrogens with zero attached hydrogens (tertiary/aromatic N) is 6. The third-order valence-electron chi connectivity index (χ3n) is 7.51. The Morgan fingerprint density at radius 1 is 1.05 bits per heavy atom. The number of rotatable bonds is 4. The summed E-state index contributed by atoms with van der Waals surface area (Å²) in [7, 11) is 0. The molecule has 0 radical (unpaired) electrons. The van der Waals surface area contributed by atoms with Crippen molar-refractivity contribution in [3.63, 3.8) is 0 Å². The van der Waals surface area contributed by atoms with Gasteiger partial charge in [0, 0.05) is 42.7 Å². The molecule has 2 unspecified atom stereocenters. The Morgan fingerprint density at radius 2 is 1.84 bits per heavy atom. The Kier molecular flexibility index (Phi) is 5.63. The molecular formula is C28H33FN8. The van der Waals surface area contributed by atoms with Crippen molar-refractivity contribution in [1.29, 1.82) is 0 Å². The summed E-state index contributed by atoms with van der Waals surface area (Å²) < 4.78 is 17.3. The zero-order chi connectivity index (χ0) is 25.9. The van der Waals surface area contributed by atoms with Crippen molar-refractivity contribution in [2.75, 3.05) is 23.3 Å². The van der Waals surface area contributed by atoms with Crippen molar-refractivity contribution in [2.24, 2.45) is 0 Å². The zero-order valence-electron chi connectivity index (χ0n) is 22.0. The lowest BCUT2D eigenvalue weighted by atomic mass is 10.0. The lowest BCUT2D eigenvalue weighted by Gasteiger charge is -2.37. The van der Waals surface area contributed by atoms with Crippen LogP contribution in [0.25, 0.3) is 22.3 Å². The summed E-state index contributed by atoms with van der Waals surface area (Å²) in [6.07, 6.45) is 5.07. The molecule has 0 spiro atoms. The van der Waals surface area contributed by atoms with Crippen molar-refractivity contribution in [1.82, 2.24) is 29.8 Å². The van der Waals surface area contributed by atoms with Crippen LogP contribution in [0.1, 0.15) is 45.5 Å². The maximum Gasteiger partial charge on any atom is 0.229 e. The number of hydrogen-bond donors (Lipinski definition) is 2. The molecule has 2 atom stereocenters. The Morgan fingerprint density at radius 3 is 2.57 bits per heavy atom. The second-order valence-electron chi connectivity index (χ2n) is 11.1. The minimum absolute atomic E-state index is 0.0231. The highest BCUT2D eigenvalue weighted by atomic mass is 19.1. The molecule has 2 aliphatic rings. The molecule has 6 rings (SSSR count). The molecule has 1 aromatic carbocycles. The number of fused-ring (bicyclic) bond motifs is 3. The molecule has 0 saturated carbocycles. The van der Waals surface area contributed by atoms with Crippen LogP contribution in [-0.4, -0.2) is 49.7 Å². The van der Waals surface area contributed by atoms with Gasteiger partial charge in [0.15, 0.2) is 5.82 Å². The van der Waals surface area contributed by atoms with Gasteiger partial charge < -0.3 is 20.1 Å². The maximum atomic E-state index is 15.0. The quantitative estimate of drug-likeness (QED) is 0.410. The molecule has 3 aromatic heterocycles. The van der Waals surface area contributed by atoms with Gasteiger partial charge in [-0.3, -0.25) is 0 Å². The number of anilines is 3. The second kappa shape index (κ2) is 8.76. The molecule has 192 valence electrons. The van der Waals surface area contributed by atoms with Crippen molar-refractivity contribution in [2.45, 2.75) is 65.1 Å². The van der Waals surface area contributed by atoms with Crippen molar-refractivity contribution < 1.29 is 4.39 Å². The van der Waals surface area contributed by atoms with Crippen LogP contribution in [0.2, 0.25) is 0 Å². The summed E-state index contributed by atoms with van der Waals surface area (Å²) in [6, 6.07) is 8.76. The predicted octanol–water partition coefficient (Wildman–Crippen LogP) is 4.95. The normalized spacial score (nSPS) is 20.9. The SMILES string of the molecule is Cc1cc(-c2nc(Nc3ccc(N4CC(C)NC(C)C4)cn3)ncc2F)cc2c1nc1n2C(C)(C)CC1. The van der Waals surface area contributed by atoms with Crippen LogP contribution < -0.4 is 15.5 Å². The van der Waals surface area contributed by atoms with E-state index >= 15 is 0 Å². The lowest BCUT2D eigenvalue weighted by molar-refractivity contribution is 0.386. The number of imidazole rings is 1. The first-order valence-electron chi connectivity index (χ1n) is 13.0. The van der Waals surface area contributed by atoms with Crippen LogP contribution in [0.4, 0.5) is 21.8 Å². The van der Waals surface area contributed by atoms with E-state index in [0.29, 0.717) is 29.4 Å². The lowest BCUT2D eigenvalue weighted by Crippen LogP contribution is -2.54. The van der Waals surface area contributed by atoms with Gasteiger partial charge in [-0.2, -0.15) is 0 Å². The Hall–Kier alpha value is -3.59. The Balaban J connectivity index is 1.29. The topological polar surface area (TPSA) is 83.8 Å². The molecule has 0 amide bonds. The van der Waals surface area contributed by atoms with Gasteiger partial charge in [-0.05, 0) is 70.9 Å². The number of benzene rings is 1. The van der Waals surface area contributed by atoms with Gasteiger partial charge >= 0.3 is 0 Å². The molecule has 37 heavy (non-hydrogen) atoms. The van der Waals surface area contributed by atoms with E-state index in [9.17, 15) is 4.39 Å². The van der Waals surface area contributed by atoms with Crippen LogP contribution in [0.3, 0.4) is 0 Å². The van der Waals surface area contributed by atoms with Crippen LogP contribution in [0.15, 0.2) is 36.7 Å². The predicted molar refractivity (Wildman–Crippen MR) is 145 cm³/mol. The van der Waals surface area contributed by atoms with E-state index in [0.717, 1.165) is 54.0 Å². The van der Waals surface area contributed by atoms with Gasteiger partial charge in [0.2, 0.25) is 5.95 Å². The Labute approximate surface area is 216 Å². The van der Waals surface area contributed by atoms with Crippen LogP contribution >= 0.6 is 0 Å². The van der Waals surface area contributed by atoms with Crippen LogP contribution in [0, 0.1) is 12.7 Å². The summed E-state index contributed by atoms with van der Waals surface area (Å²) >= 11 is 0. The van der Waals surface area contributed by atoms with E-state index in [1.54, 1.807) is 0 Å². The standard InChI is InChI=1S/C28H33FN8/c1-16-10-19(11-22-25(16)34-24-8-9-28(4,5)37(22)24)26-21(29)13-31-27(35-26)33-23-7-6-20(12-30-23)36-14-17(2)32-18(3)15-36/h6-7,10-13,17-18,32H,8-9,14-15H2,1-5H3,(H,30,31,33,35). The fraction of sp³-hybridized carbons (Fsp3) is 0.429. The monoisotopic (exact) mass is 500 g/mol. The molecular weight excluding hydrogens is 467 g/mol. The average molecular weight is 501 g/mol. The van der Waals surface area contributed by atoms with Gasteiger partial charge in [-0.1, -0.05) is 0 Å². The number of halogens is 1. The summed E-state index contributed by atoms with van der Waals surface area (Å²) in [6.45, 7) is 12.7. The van der Waals surface area contributed by atoms with Gasteiger partial charge in [-0.25, -0.2) is 24.3 Å². The van der Waals surface area contributed by atoms with E-state index in [1.807, 2.05) is 37.4 Å². The second-order valence-corrected chi connectivity index (χ2v) is 11.1. The zero-order valence-corrected chi connectivity index (χ0v) is 22.0. The summed E-state index contributed by atoms with van der Waals surface area (Å²) in [4.78, 5) is 20.5. The van der Waals surface area contributed by atoms with Crippen molar-refractivity contribution in [3.8, 4) is 11.3 Å². The first kappa shape index (κ1) is 23.8. The molecule has 4 aromatic rings. The molecule has 2 aliphatic heterocycles. The highest BCUT2D eigenvalue weighted by molar-refractivity contribution is 5.86. The minimum atomic E-state index is -0.463. The van der Waals surface area contributed by atoms with Gasteiger partial charge in [0.25, 0.3) is 0 Å². The number of hydrogen-bond acceptors (Lipinski definition) is 7. The molecule has 9 heteroatoms. The molecule has 0 aliphatic carbocycles. The summed E-state index contributed by atoms with van der Waals surface area (Å²) in [5, 5.41) is 6.69. The Bertz CT molecular complexity index is 1470. The van der Waals surface area contributed by atoms with Gasteiger partial charge in [0.1, 0.15) is 17.3 Å². The highest BCUT2D eigenvalue weighted by Crippen LogP contribution is 2.38. The maximum absolute atomic E-state index is 15.0. The third kappa shape index (κ3) is 4.31. The fourth-order valence-electron chi connectivity index (χ4n) is 5.83. The van der Waals surface area contributed by atoms with Gasteiger partial charge in [0.05, 0.1) is 29.1 Å². The van der Waals surface area contributed by atoms with E-state index in [-0.39, 0.29) is 11.2 Å². The molecule has 1 fully saturated rings. The number of piperazine rings is 1. The molecule has 5 heterocycles. The number of aryl methyl sites for hydroxylation is 2. The molecule has 8 nitrogen and oxygen atoms in total. The third-order valence-corrected chi connectivity index (χ3v) is 7.51. The molecule has 0 bridgehead atoms. The van der Waals surface area contributed by atoms with Crippen molar-refractivity contribution >= 4 is 28.5 Å². The molecule has 1 saturated heterocycles. The van der Waals surface area contributed by atoms with Crippen LogP contribution in [0.5, 0.6) is 0 Å². The molecule has 2 N–H and O–H groups in total. The van der Waals surface area contributed by atoms with E-state index in [2.05, 4.69) is 62.7 Å². The van der Waals surface area contributed by atoms with E-state index < -0.39 is 5.82 Å². The largest absolute Gasteiger partial charge is 0.367 e. The van der Waals surface area contributed by atoms with Crippen molar-refractivity contribution in [3.05, 3.63) is 53.9 Å². The minimum Gasteiger partial charge on any atom is -0.367 e. The van der Waals surface area contributed by atoms with E-state index in [1.165, 1.54) is 6.20 Å². The van der Waals surface area contributed by atoms with Gasteiger partial charge in [-0.15, -0.1) is 0 Å². The number of nitrogens with one attached hydrogen (secondary N) is 2. The summed E-state index contributed by atoms with van der Waals surface area (Å²) in [5.41, 5.74) is 5.02. The average Bonchev–Trinajstić information content (AvgIpc) is 3.38. The smallest absolute Gasteiger partial charge is 0.229 e. The summed E-state index contributed by atoms with van der Waals surface area (Å²) in [5.74, 6) is 1.54. The number of aromatic nitrogens is 5. The first-order chi connectivity index (χ1) is 17.7. The van der Waals surface area contributed by atoms with E-state index in [4.69, 9.17) is 4.98 Å². The van der Waals surface area contributed by atoms with Crippen LogP contribution in [-0.2, 0) is 12.0 Å². The number of pyridine rings is 1. The first-order valence-corrected chi connectivity index (χ1v) is 13.0. The highest BCUT2D eigenvalue weighted by Gasteiger charge is 2.32.